The highest BCUT2D eigenvalue weighted by Crippen LogP contribution is 2.34. The number of fused-ring (bicyclic) bond motifs is 1. The normalized spacial score (nSPS) is 11.9. The van der Waals surface area contributed by atoms with Crippen molar-refractivity contribution in [2.75, 3.05) is 5.32 Å². The summed E-state index contributed by atoms with van der Waals surface area (Å²) in [7, 11) is 1.83. The van der Waals surface area contributed by atoms with Gasteiger partial charge in [0.15, 0.2) is 11.6 Å². The predicted octanol–water partition coefficient (Wildman–Crippen LogP) is 2.04. The summed E-state index contributed by atoms with van der Waals surface area (Å²) in [5, 5.41) is 13.7. The second-order valence-corrected chi connectivity index (χ2v) is 6.27. The number of anilines is 2. The molecule has 1 aromatic carbocycles. The van der Waals surface area contributed by atoms with Gasteiger partial charge in [0.2, 0.25) is 5.82 Å². The minimum atomic E-state index is -3.50. The Morgan fingerprint density at radius 2 is 1.93 bits per heavy atom. The Balaban J connectivity index is 1.84. The SMILES string of the molecule is Bc1cc2c(Nc3cc(C)[nH]n3)nc(C(F)(F)c3ccc(F)cc3)nn2c1. The van der Waals surface area contributed by atoms with Gasteiger partial charge in [-0.1, -0.05) is 5.46 Å². The third kappa shape index (κ3) is 3.14. The monoisotopic (exact) mass is 370 g/mol. The molecule has 10 heteroatoms. The third-order valence-electron chi connectivity index (χ3n) is 4.04. The quantitative estimate of drug-likeness (QED) is 0.540. The summed E-state index contributed by atoms with van der Waals surface area (Å²) < 4.78 is 44.4. The average molecular weight is 370 g/mol. The molecule has 136 valence electrons. The maximum atomic E-state index is 15.0. The first-order chi connectivity index (χ1) is 12.8. The van der Waals surface area contributed by atoms with Gasteiger partial charge in [-0.3, -0.25) is 5.10 Å². The van der Waals surface area contributed by atoms with Crippen LogP contribution in [-0.4, -0.2) is 32.6 Å². The Morgan fingerprint density at radius 3 is 2.59 bits per heavy atom. The van der Waals surface area contributed by atoms with Crippen molar-refractivity contribution in [3.05, 3.63) is 65.5 Å². The summed E-state index contributed by atoms with van der Waals surface area (Å²) in [5.41, 5.74) is 1.79. The summed E-state index contributed by atoms with van der Waals surface area (Å²) in [6, 6.07) is 7.51. The molecule has 0 saturated heterocycles. The van der Waals surface area contributed by atoms with E-state index in [1.54, 1.807) is 18.3 Å². The molecule has 2 N–H and O–H groups in total. The Labute approximate surface area is 152 Å². The molecule has 0 aliphatic rings. The van der Waals surface area contributed by atoms with Gasteiger partial charge < -0.3 is 5.32 Å². The summed E-state index contributed by atoms with van der Waals surface area (Å²) in [6.45, 7) is 1.82. The van der Waals surface area contributed by atoms with Crippen LogP contribution in [0.1, 0.15) is 17.1 Å². The number of halogens is 3. The molecule has 6 nitrogen and oxygen atoms in total. The van der Waals surface area contributed by atoms with E-state index in [2.05, 4.69) is 25.6 Å². The summed E-state index contributed by atoms with van der Waals surface area (Å²) in [5.74, 6) is -4.16. The molecule has 0 spiro atoms. The predicted molar refractivity (Wildman–Crippen MR) is 97.2 cm³/mol. The Bertz CT molecular complexity index is 1120. The number of alkyl halides is 2. The standard InChI is InChI=1S/C17H14BF3N6/c1-9-6-14(25-24-9)22-15-13-7-11(18)8-27(13)26-16(23-15)17(20,21)10-2-4-12(19)5-3-10/h2-8H,18H2,1H3,(H2,22,23,24,25,26). The molecule has 0 saturated carbocycles. The van der Waals surface area contributed by atoms with Gasteiger partial charge >= 0.3 is 5.92 Å². The largest absolute Gasteiger partial charge is 0.333 e. The van der Waals surface area contributed by atoms with Gasteiger partial charge in [0, 0.05) is 23.5 Å². The van der Waals surface area contributed by atoms with Crippen LogP contribution in [0.25, 0.3) is 5.52 Å². The van der Waals surface area contributed by atoms with Crippen molar-refractivity contribution in [3.63, 3.8) is 0 Å². The molecule has 4 rings (SSSR count). The number of nitrogens with zero attached hydrogens (tertiary/aromatic N) is 4. The molecule has 0 fully saturated rings. The zero-order chi connectivity index (χ0) is 19.2. The van der Waals surface area contributed by atoms with E-state index in [9.17, 15) is 13.2 Å². The molecule has 3 heterocycles. The Kier molecular flexibility index (Phi) is 3.90. The lowest BCUT2D eigenvalue weighted by Gasteiger charge is -2.17. The second kappa shape index (κ2) is 6.15. The van der Waals surface area contributed by atoms with Gasteiger partial charge in [-0.15, -0.1) is 5.10 Å². The highest BCUT2D eigenvalue weighted by atomic mass is 19.3. The van der Waals surface area contributed by atoms with E-state index in [4.69, 9.17) is 0 Å². The van der Waals surface area contributed by atoms with Gasteiger partial charge in [-0.25, -0.2) is 13.9 Å². The molecule has 4 aromatic rings. The topological polar surface area (TPSA) is 70.9 Å². The van der Waals surface area contributed by atoms with Crippen molar-refractivity contribution in [1.29, 1.82) is 0 Å². The van der Waals surface area contributed by atoms with Crippen molar-refractivity contribution >= 4 is 30.5 Å². The maximum Gasteiger partial charge on any atom is 0.333 e. The molecule has 0 unspecified atom stereocenters. The highest BCUT2D eigenvalue weighted by molar-refractivity contribution is 6.32. The van der Waals surface area contributed by atoms with E-state index in [-0.39, 0.29) is 5.82 Å². The minimum absolute atomic E-state index is 0.196. The number of aromatic nitrogens is 5. The highest BCUT2D eigenvalue weighted by Gasteiger charge is 2.38. The van der Waals surface area contributed by atoms with Gasteiger partial charge in [0.1, 0.15) is 19.2 Å². The van der Waals surface area contributed by atoms with Crippen LogP contribution < -0.4 is 10.8 Å². The molecular weight excluding hydrogens is 356 g/mol. The van der Waals surface area contributed by atoms with Crippen molar-refractivity contribution < 1.29 is 13.2 Å². The number of hydrogen-bond donors (Lipinski definition) is 2. The van der Waals surface area contributed by atoms with Crippen molar-refractivity contribution in [2.24, 2.45) is 0 Å². The van der Waals surface area contributed by atoms with E-state index in [1.165, 1.54) is 4.52 Å². The molecule has 0 aliphatic heterocycles. The summed E-state index contributed by atoms with van der Waals surface area (Å²) >= 11 is 0. The first kappa shape index (κ1) is 17.1. The number of hydrogen-bond acceptors (Lipinski definition) is 4. The van der Waals surface area contributed by atoms with Crippen molar-refractivity contribution in [1.82, 2.24) is 24.8 Å². The number of rotatable bonds is 4. The molecular formula is C17H14BF3N6. The fourth-order valence-electron chi connectivity index (χ4n) is 2.75. The molecule has 0 bridgehead atoms. The summed E-state index contributed by atoms with van der Waals surface area (Å²) in [6.07, 6.45) is 1.63. The van der Waals surface area contributed by atoms with E-state index >= 15 is 0 Å². The second-order valence-electron chi connectivity index (χ2n) is 6.27. The molecule has 0 amide bonds. The number of nitrogens with one attached hydrogen (secondary N) is 2. The fourth-order valence-corrected chi connectivity index (χ4v) is 2.75. The lowest BCUT2D eigenvalue weighted by Crippen LogP contribution is -2.21. The zero-order valence-corrected chi connectivity index (χ0v) is 14.5. The van der Waals surface area contributed by atoms with Crippen LogP contribution in [0.2, 0.25) is 0 Å². The van der Waals surface area contributed by atoms with Crippen LogP contribution in [0.4, 0.5) is 24.8 Å². The number of H-pyrrole nitrogens is 1. The zero-order valence-electron chi connectivity index (χ0n) is 14.5. The number of aromatic amines is 1. The van der Waals surface area contributed by atoms with Gasteiger partial charge in [-0.2, -0.15) is 13.9 Å². The third-order valence-corrected chi connectivity index (χ3v) is 4.04. The molecule has 27 heavy (non-hydrogen) atoms. The van der Waals surface area contributed by atoms with Crippen LogP contribution in [0.3, 0.4) is 0 Å². The van der Waals surface area contributed by atoms with E-state index in [0.717, 1.165) is 35.4 Å². The number of aryl methyl sites for hydroxylation is 1. The minimum Gasteiger partial charge on any atom is -0.322 e. The van der Waals surface area contributed by atoms with E-state index in [0.29, 0.717) is 11.3 Å². The molecule has 0 aliphatic carbocycles. The molecule has 0 atom stereocenters. The lowest BCUT2D eigenvalue weighted by atomic mass is 10.0. The van der Waals surface area contributed by atoms with Crippen LogP contribution in [0.15, 0.2) is 42.6 Å². The molecule has 0 radical (unpaired) electrons. The Morgan fingerprint density at radius 1 is 1.19 bits per heavy atom. The van der Waals surface area contributed by atoms with Crippen molar-refractivity contribution in [3.8, 4) is 0 Å². The van der Waals surface area contributed by atoms with Gasteiger partial charge in [-0.05, 0) is 37.3 Å². The average Bonchev–Trinajstić information content (AvgIpc) is 3.20. The summed E-state index contributed by atoms with van der Waals surface area (Å²) in [4.78, 5) is 4.05. The maximum absolute atomic E-state index is 15.0. The number of benzene rings is 1. The van der Waals surface area contributed by atoms with Crippen LogP contribution in [-0.2, 0) is 5.92 Å². The first-order valence-electron chi connectivity index (χ1n) is 8.13. The Hall–Kier alpha value is -3.30. The van der Waals surface area contributed by atoms with Crippen molar-refractivity contribution in [2.45, 2.75) is 12.8 Å². The van der Waals surface area contributed by atoms with E-state index < -0.39 is 23.1 Å². The lowest BCUT2D eigenvalue weighted by molar-refractivity contribution is 0.0315. The van der Waals surface area contributed by atoms with Crippen LogP contribution in [0.5, 0.6) is 0 Å². The smallest absolute Gasteiger partial charge is 0.322 e. The van der Waals surface area contributed by atoms with Gasteiger partial charge in [0.05, 0.1) is 0 Å². The van der Waals surface area contributed by atoms with E-state index in [1.807, 2.05) is 14.8 Å². The van der Waals surface area contributed by atoms with Crippen LogP contribution >= 0.6 is 0 Å². The van der Waals surface area contributed by atoms with Gasteiger partial charge in [0.25, 0.3) is 0 Å². The van der Waals surface area contributed by atoms with Crippen LogP contribution in [0, 0.1) is 12.7 Å². The first-order valence-corrected chi connectivity index (χ1v) is 8.13. The molecule has 3 aromatic heterocycles. The fraction of sp³-hybridized carbons (Fsp3) is 0.118.